The second-order valence-corrected chi connectivity index (χ2v) is 6.22. The molecule has 1 aliphatic rings. The lowest BCUT2D eigenvalue weighted by molar-refractivity contribution is -0.122. The monoisotopic (exact) mass is 258 g/mol. The number of thioether (sulfide) groups is 1. The molecule has 1 atom stereocenters. The summed E-state index contributed by atoms with van der Waals surface area (Å²) in [6.07, 6.45) is 8.79. The smallest absolute Gasteiger partial charge is 0.236 e. The summed E-state index contributed by atoms with van der Waals surface area (Å²) in [4.78, 5) is 11.6. The zero-order valence-corrected chi connectivity index (χ0v) is 12.2. The molecule has 0 radical (unpaired) electrons. The number of carbonyl (C=O) groups is 1. The Kier molecular flexibility index (Phi) is 6.34. The van der Waals surface area contributed by atoms with E-state index in [1.807, 2.05) is 25.6 Å². The Hall–Kier alpha value is -0.220. The van der Waals surface area contributed by atoms with Crippen molar-refractivity contribution in [1.29, 1.82) is 0 Å². The van der Waals surface area contributed by atoms with Crippen molar-refractivity contribution in [2.45, 2.75) is 56.7 Å². The zero-order valence-electron chi connectivity index (χ0n) is 11.3. The molecule has 1 rings (SSSR count). The Morgan fingerprint density at radius 3 is 2.53 bits per heavy atom. The number of nitrogens with one attached hydrogen (secondary N) is 2. The van der Waals surface area contributed by atoms with E-state index < -0.39 is 0 Å². The highest BCUT2D eigenvalue weighted by Gasteiger charge is 2.31. The van der Waals surface area contributed by atoms with Crippen molar-refractivity contribution in [3.05, 3.63) is 0 Å². The van der Waals surface area contributed by atoms with Crippen molar-refractivity contribution < 1.29 is 4.79 Å². The lowest BCUT2D eigenvalue weighted by Gasteiger charge is -2.36. The fraction of sp³-hybridized carbons (Fsp3) is 0.923. The number of hydrogen-bond acceptors (Lipinski definition) is 3. The van der Waals surface area contributed by atoms with Crippen LogP contribution in [0.15, 0.2) is 0 Å². The molecular formula is C13H26N2OS. The van der Waals surface area contributed by atoms with Crippen molar-refractivity contribution >= 4 is 17.7 Å². The second kappa shape index (κ2) is 7.27. The van der Waals surface area contributed by atoms with E-state index >= 15 is 0 Å². The molecule has 1 unspecified atom stereocenters. The van der Waals surface area contributed by atoms with E-state index in [0.29, 0.717) is 11.3 Å². The Labute approximate surface area is 109 Å². The lowest BCUT2D eigenvalue weighted by atomic mass is 9.88. The first-order chi connectivity index (χ1) is 8.13. The normalized spacial score (nSPS) is 20.9. The van der Waals surface area contributed by atoms with Crippen molar-refractivity contribution in [3.63, 3.8) is 0 Å². The predicted molar refractivity (Wildman–Crippen MR) is 75.5 cm³/mol. The van der Waals surface area contributed by atoms with Gasteiger partial charge in [0.25, 0.3) is 0 Å². The summed E-state index contributed by atoms with van der Waals surface area (Å²) in [5.74, 6) is 0.111. The van der Waals surface area contributed by atoms with E-state index in [4.69, 9.17) is 0 Å². The van der Waals surface area contributed by atoms with Gasteiger partial charge >= 0.3 is 0 Å². The molecule has 0 spiro atoms. The number of rotatable bonds is 6. The zero-order chi connectivity index (χ0) is 12.7. The standard InChI is InChI=1S/C13H26N2OS/c1-4-14-12(16)11(2)15-10-13(17-3)8-6-5-7-9-13/h11,15H,4-10H2,1-3H3,(H,14,16). The number of amides is 1. The molecule has 0 heterocycles. The van der Waals surface area contributed by atoms with Gasteiger partial charge in [-0.25, -0.2) is 0 Å². The molecule has 0 aliphatic heterocycles. The van der Waals surface area contributed by atoms with Crippen LogP contribution in [0.3, 0.4) is 0 Å². The molecule has 100 valence electrons. The van der Waals surface area contributed by atoms with Crippen LogP contribution in [0.1, 0.15) is 46.0 Å². The van der Waals surface area contributed by atoms with Gasteiger partial charge in [0.2, 0.25) is 5.91 Å². The number of hydrogen-bond donors (Lipinski definition) is 2. The summed E-state index contributed by atoms with van der Waals surface area (Å²) in [6.45, 7) is 5.56. The first-order valence-corrected chi connectivity index (χ1v) is 7.92. The highest BCUT2D eigenvalue weighted by molar-refractivity contribution is 8.00. The molecule has 0 bridgehead atoms. The minimum atomic E-state index is -0.0825. The largest absolute Gasteiger partial charge is 0.355 e. The first kappa shape index (κ1) is 14.8. The summed E-state index contributed by atoms with van der Waals surface area (Å²) in [5.41, 5.74) is 0. The fourth-order valence-corrected chi connectivity index (χ4v) is 3.33. The van der Waals surface area contributed by atoms with Crippen LogP contribution in [0.25, 0.3) is 0 Å². The van der Waals surface area contributed by atoms with Crippen LogP contribution in [0.5, 0.6) is 0 Å². The highest BCUT2D eigenvalue weighted by atomic mass is 32.2. The van der Waals surface area contributed by atoms with E-state index in [2.05, 4.69) is 16.9 Å². The van der Waals surface area contributed by atoms with Crippen molar-refractivity contribution in [2.75, 3.05) is 19.3 Å². The minimum absolute atomic E-state index is 0.0825. The molecule has 1 saturated carbocycles. The Balaban J connectivity index is 2.38. The van der Waals surface area contributed by atoms with Gasteiger partial charge in [-0.05, 0) is 32.9 Å². The molecule has 2 N–H and O–H groups in total. The summed E-state index contributed by atoms with van der Waals surface area (Å²) in [5, 5.41) is 6.25. The third kappa shape index (κ3) is 4.51. The maximum atomic E-state index is 11.6. The summed E-state index contributed by atoms with van der Waals surface area (Å²) >= 11 is 1.97. The van der Waals surface area contributed by atoms with Gasteiger partial charge in [0.05, 0.1) is 6.04 Å². The maximum Gasteiger partial charge on any atom is 0.236 e. The van der Waals surface area contributed by atoms with Crippen LogP contribution in [0, 0.1) is 0 Å². The van der Waals surface area contributed by atoms with E-state index in [1.54, 1.807) is 0 Å². The van der Waals surface area contributed by atoms with Crippen LogP contribution < -0.4 is 10.6 Å². The van der Waals surface area contributed by atoms with Crippen molar-refractivity contribution in [3.8, 4) is 0 Å². The second-order valence-electron chi connectivity index (χ2n) is 4.94. The third-order valence-electron chi connectivity index (χ3n) is 3.67. The number of likely N-dealkylation sites (N-methyl/N-ethyl adjacent to an activating group) is 1. The summed E-state index contributed by atoms with van der Waals surface area (Å²) in [7, 11) is 0. The summed E-state index contributed by atoms with van der Waals surface area (Å²) in [6, 6.07) is -0.0825. The quantitative estimate of drug-likeness (QED) is 0.767. The molecule has 1 fully saturated rings. The average Bonchev–Trinajstić information content (AvgIpc) is 2.37. The summed E-state index contributed by atoms with van der Waals surface area (Å²) < 4.78 is 0.360. The number of carbonyl (C=O) groups excluding carboxylic acids is 1. The molecule has 3 nitrogen and oxygen atoms in total. The van der Waals surface area contributed by atoms with Gasteiger partial charge in [-0.15, -0.1) is 0 Å². The van der Waals surface area contributed by atoms with Crippen LogP contribution in [0.2, 0.25) is 0 Å². The highest BCUT2D eigenvalue weighted by Crippen LogP contribution is 2.37. The maximum absolute atomic E-state index is 11.6. The Bertz CT molecular complexity index is 240. The van der Waals surface area contributed by atoms with E-state index in [9.17, 15) is 4.79 Å². The van der Waals surface area contributed by atoms with E-state index in [0.717, 1.165) is 6.54 Å². The van der Waals surface area contributed by atoms with E-state index in [-0.39, 0.29) is 11.9 Å². The van der Waals surface area contributed by atoms with Crippen LogP contribution in [-0.4, -0.2) is 36.0 Å². The third-order valence-corrected chi connectivity index (χ3v) is 5.09. The molecule has 0 aromatic heterocycles. The molecular weight excluding hydrogens is 232 g/mol. The molecule has 0 aromatic carbocycles. The molecule has 1 amide bonds. The van der Waals surface area contributed by atoms with Crippen LogP contribution in [-0.2, 0) is 4.79 Å². The van der Waals surface area contributed by atoms with Gasteiger partial charge in [0.15, 0.2) is 0 Å². The predicted octanol–water partition coefficient (Wildman–Crippen LogP) is 2.17. The molecule has 17 heavy (non-hydrogen) atoms. The Morgan fingerprint density at radius 1 is 1.35 bits per heavy atom. The molecule has 0 aromatic rings. The molecule has 0 saturated heterocycles. The minimum Gasteiger partial charge on any atom is -0.355 e. The lowest BCUT2D eigenvalue weighted by Crippen LogP contribution is -2.48. The Morgan fingerprint density at radius 2 is 2.00 bits per heavy atom. The average molecular weight is 258 g/mol. The van der Waals surface area contributed by atoms with Gasteiger partial charge in [0.1, 0.15) is 0 Å². The van der Waals surface area contributed by atoms with Gasteiger partial charge in [-0.3, -0.25) is 4.79 Å². The molecule has 4 heteroatoms. The van der Waals surface area contributed by atoms with Crippen LogP contribution >= 0.6 is 11.8 Å². The van der Waals surface area contributed by atoms with Crippen LogP contribution in [0.4, 0.5) is 0 Å². The van der Waals surface area contributed by atoms with Gasteiger partial charge < -0.3 is 10.6 Å². The SMILES string of the molecule is CCNC(=O)C(C)NCC1(SC)CCCCC1. The fourth-order valence-electron chi connectivity index (χ4n) is 2.41. The van der Waals surface area contributed by atoms with Gasteiger partial charge in [-0.1, -0.05) is 19.3 Å². The van der Waals surface area contributed by atoms with Crippen molar-refractivity contribution in [1.82, 2.24) is 10.6 Å². The van der Waals surface area contributed by atoms with Crippen molar-refractivity contribution in [2.24, 2.45) is 0 Å². The van der Waals surface area contributed by atoms with E-state index in [1.165, 1.54) is 32.1 Å². The van der Waals surface area contributed by atoms with Gasteiger partial charge in [0, 0.05) is 17.8 Å². The first-order valence-electron chi connectivity index (χ1n) is 6.70. The topological polar surface area (TPSA) is 41.1 Å². The van der Waals surface area contributed by atoms with Gasteiger partial charge in [-0.2, -0.15) is 11.8 Å². The molecule has 1 aliphatic carbocycles.